The second-order valence-corrected chi connectivity index (χ2v) is 8.57. The van der Waals surface area contributed by atoms with Crippen LogP contribution in [-0.2, 0) is 22.3 Å². The number of carbonyl (C=O) groups excluding carboxylic acids is 2. The third-order valence-corrected chi connectivity index (χ3v) is 5.67. The number of hydrogen-bond donors (Lipinski definition) is 0. The zero-order valence-electron chi connectivity index (χ0n) is 18.9. The summed E-state index contributed by atoms with van der Waals surface area (Å²) in [6, 6.07) is 12.4. The van der Waals surface area contributed by atoms with Crippen LogP contribution >= 0.6 is 0 Å². The highest BCUT2D eigenvalue weighted by molar-refractivity contribution is 5.97. The van der Waals surface area contributed by atoms with Gasteiger partial charge in [0, 0.05) is 35.8 Å². The maximum absolute atomic E-state index is 15.0. The highest BCUT2D eigenvalue weighted by Crippen LogP contribution is 2.31. The molecule has 2 aromatic carbocycles. The Morgan fingerprint density at radius 2 is 1.80 bits per heavy atom. The number of aromatic nitrogens is 2. The monoisotopic (exact) mass is 490 g/mol. The molecule has 4 rings (SSSR count). The Bertz CT molecular complexity index is 1220. The number of amides is 2. The molecule has 0 saturated carbocycles. The first-order valence-corrected chi connectivity index (χ1v) is 10.9. The van der Waals surface area contributed by atoms with E-state index >= 15 is 0 Å². The Balaban J connectivity index is 1.54. The van der Waals surface area contributed by atoms with Gasteiger partial charge in [-0.2, -0.15) is 13.2 Å². The van der Waals surface area contributed by atoms with Crippen LogP contribution in [0, 0.1) is 17.7 Å². The zero-order valence-corrected chi connectivity index (χ0v) is 18.9. The summed E-state index contributed by atoms with van der Waals surface area (Å²) in [5.74, 6) is -3.61. The van der Waals surface area contributed by atoms with Gasteiger partial charge in [-0.25, -0.2) is 4.39 Å². The zero-order chi connectivity index (χ0) is 25.3. The second-order valence-electron chi connectivity index (χ2n) is 8.57. The van der Waals surface area contributed by atoms with Crippen LogP contribution in [0.2, 0.25) is 0 Å². The van der Waals surface area contributed by atoms with Crippen LogP contribution in [0.5, 0.6) is 0 Å². The van der Waals surface area contributed by atoms with E-state index in [4.69, 9.17) is 0 Å². The van der Waals surface area contributed by atoms with Gasteiger partial charge in [0.1, 0.15) is 5.82 Å². The molecule has 1 aliphatic rings. The number of carbonyl (C=O) groups is 2. The maximum atomic E-state index is 15.0. The number of para-hydroxylation sites is 1. The predicted molar refractivity (Wildman–Crippen MR) is 117 cm³/mol. The molecule has 184 valence electrons. The van der Waals surface area contributed by atoms with Crippen molar-refractivity contribution in [2.45, 2.75) is 26.6 Å². The molecule has 0 radical (unpaired) electrons. The van der Waals surface area contributed by atoms with Crippen molar-refractivity contribution in [2.24, 2.45) is 11.8 Å². The summed E-state index contributed by atoms with van der Waals surface area (Å²) in [6.07, 6.45) is -4.81. The van der Waals surface area contributed by atoms with Gasteiger partial charge in [0.05, 0.1) is 12.5 Å². The minimum atomic E-state index is -4.81. The number of nitrogens with zero attached hydrogens (tertiary/aromatic N) is 4. The van der Waals surface area contributed by atoms with E-state index in [9.17, 15) is 27.2 Å². The molecule has 0 spiro atoms. The number of anilines is 1. The Labute approximate surface area is 198 Å². The van der Waals surface area contributed by atoms with Gasteiger partial charge in [-0.1, -0.05) is 38.1 Å². The topological polar surface area (TPSA) is 79.5 Å². The number of likely N-dealkylation sites (tertiary alicyclic amines) is 1. The Hall–Kier alpha value is -3.76. The van der Waals surface area contributed by atoms with Crippen molar-refractivity contribution in [1.29, 1.82) is 0 Å². The average Bonchev–Trinajstić information content (AvgIpc) is 3.28. The lowest BCUT2D eigenvalue weighted by Crippen LogP contribution is -2.57. The maximum Gasteiger partial charge on any atom is 0.470 e. The molecule has 1 aromatic heterocycles. The summed E-state index contributed by atoms with van der Waals surface area (Å²) in [6.45, 7) is 4.05. The highest BCUT2D eigenvalue weighted by Gasteiger charge is 2.39. The number of halogens is 4. The fraction of sp³-hybridized carbons (Fsp3) is 0.333. The molecule has 0 unspecified atom stereocenters. The molecule has 2 heterocycles. The summed E-state index contributed by atoms with van der Waals surface area (Å²) in [4.78, 5) is 28.5. The van der Waals surface area contributed by atoms with Crippen molar-refractivity contribution < 1.29 is 31.6 Å². The van der Waals surface area contributed by atoms with E-state index in [1.807, 2.05) is 0 Å². The molecule has 35 heavy (non-hydrogen) atoms. The average molecular weight is 490 g/mol. The van der Waals surface area contributed by atoms with Gasteiger partial charge < -0.3 is 14.2 Å². The molecule has 0 aliphatic carbocycles. The quantitative estimate of drug-likeness (QED) is 0.474. The Morgan fingerprint density at radius 3 is 2.37 bits per heavy atom. The molecule has 1 fully saturated rings. The number of benzene rings is 2. The van der Waals surface area contributed by atoms with Crippen molar-refractivity contribution in [1.82, 2.24) is 15.1 Å². The van der Waals surface area contributed by atoms with Gasteiger partial charge >= 0.3 is 12.1 Å². The molecule has 2 amide bonds. The fourth-order valence-corrected chi connectivity index (χ4v) is 3.74. The first kappa shape index (κ1) is 24.4. The first-order chi connectivity index (χ1) is 16.5. The molecular weight excluding hydrogens is 468 g/mol. The minimum absolute atomic E-state index is 0.0197. The van der Waals surface area contributed by atoms with Crippen LogP contribution in [0.25, 0.3) is 11.5 Å². The van der Waals surface area contributed by atoms with E-state index < -0.39 is 29.7 Å². The van der Waals surface area contributed by atoms with Gasteiger partial charge in [0.2, 0.25) is 17.7 Å². The van der Waals surface area contributed by atoms with E-state index in [1.54, 1.807) is 49.1 Å². The number of alkyl halides is 3. The second kappa shape index (κ2) is 9.47. The normalized spacial score (nSPS) is 14.2. The Morgan fingerprint density at radius 1 is 1.11 bits per heavy atom. The fourth-order valence-electron chi connectivity index (χ4n) is 3.74. The smallest absolute Gasteiger partial charge is 0.413 e. The van der Waals surface area contributed by atoms with Gasteiger partial charge in [-0.05, 0) is 24.3 Å². The summed E-state index contributed by atoms with van der Waals surface area (Å²) < 4.78 is 57.7. The Kier molecular flexibility index (Phi) is 6.60. The SMILES string of the molecule is CC(C)C(=O)N1CC(C(=O)N(Cc2ccc(-c3nnc(C(F)(F)F)o3)cc2F)c2ccccc2)C1. The third kappa shape index (κ3) is 5.18. The molecule has 0 N–H and O–H groups in total. The van der Waals surface area contributed by atoms with Crippen molar-refractivity contribution in [3.63, 3.8) is 0 Å². The summed E-state index contributed by atoms with van der Waals surface area (Å²) in [7, 11) is 0. The lowest BCUT2D eigenvalue weighted by atomic mass is 9.95. The molecule has 7 nitrogen and oxygen atoms in total. The lowest BCUT2D eigenvalue weighted by Gasteiger charge is -2.41. The van der Waals surface area contributed by atoms with Gasteiger partial charge in [0.25, 0.3) is 0 Å². The van der Waals surface area contributed by atoms with Gasteiger partial charge in [-0.3, -0.25) is 9.59 Å². The van der Waals surface area contributed by atoms with Gasteiger partial charge in [-0.15, -0.1) is 10.2 Å². The van der Waals surface area contributed by atoms with E-state index in [2.05, 4.69) is 14.6 Å². The van der Waals surface area contributed by atoms with Gasteiger partial charge in [0.15, 0.2) is 0 Å². The van der Waals surface area contributed by atoms with Crippen molar-refractivity contribution in [3.8, 4) is 11.5 Å². The van der Waals surface area contributed by atoms with Crippen molar-refractivity contribution in [3.05, 3.63) is 65.8 Å². The molecule has 0 bridgehead atoms. The van der Waals surface area contributed by atoms with Crippen LogP contribution in [-0.4, -0.2) is 40.0 Å². The van der Waals surface area contributed by atoms with Crippen molar-refractivity contribution in [2.75, 3.05) is 18.0 Å². The molecule has 1 aliphatic heterocycles. The van der Waals surface area contributed by atoms with Crippen molar-refractivity contribution >= 4 is 17.5 Å². The van der Waals surface area contributed by atoms with Crippen LogP contribution in [0.15, 0.2) is 52.9 Å². The summed E-state index contributed by atoms with van der Waals surface area (Å²) in [5.41, 5.74) is 0.686. The highest BCUT2D eigenvalue weighted by atomic mass is 19.4. The standard InChI is InChI=1S/C24H22F4N4O3/c1-14(2)21(33)31-11-17(12-31)22(34)32(18-6-4-3-5-7-18)13-16-9-8-15(10-19(16)25)20-29-30-23(35-20)24(26,27)28/h3-10,14,17H,11-13H2,1-2H3. The van der Waals surface area contributed by atoms with Crippen LogP contribution in [0.1, 0.15) is 25.3 Å². The molecule has 1 saturated heterocycles. The summed E-state index contributed by atoms with van der Waals surface area (Å²) in [5, 5.41) is 6.28. The summed E-state index contributed by atoms with van der Waals surface area (Å²) >= 11 is 0. The van der Waals surface area contributed by atoms with E-state index in [0.717, 1.165) is 6.07 Å². The lowest BCUT2D eigenvalue weighted by molar-refractivity contribution is -0.157. The predicted octanol–water partition coefficient (Wildman–Crippen LogP) is 4.54. The molecule has 3 aromatic rings. The molecular formula is C24H22F4N4O3. The largest absolute Gasteiger partial charge is 0.470 e. The number of hydrogen-bond acceptors (Lipinski definition) is 5. The third-order valence-electron chi connectivity index (χ3n) is 5.67. The van der Waals surface area contributed by atoms with Crippen LogP contribution in [0.3, 0.4) is 0 Å². The number of rotatable bonds is 6. The van der Waals surface area contributed by atoms with Crippen LogP contribution < -0.4 is 4.90 Å². The molecule has 11 heteroatoms. The first-order valence-electron chi connectivity index (χ1n) is 10.9. The van der Waals surface area contributed by atoms with Crippen LogP contribution in [0.4, 0.5) is 23.2 Å². The molecule has 0 atom stereocenters. The van der Waals surface area contributed by atoms with E-state index in [-0.39, 0.29) is 35.4 Å². The van der Waals surface area contributed by atoms with E-state index in [0.29, 0.717) is 18.8 Å². The minimum Gasteiger partial charge on any atom is -0.413 e. The van der Waals surface area contributed by atoms with E-state index in [1.165, 1.54) is 17.0 Å².